The van der Waals surface area contributed by atoms with Gasteiger partial charge in [0.05, 0.1) is 5.69 Å². The number of carbonyl (C=O) groups excluding carboxylic acids is 1. The van der Waals surface area contributed by atoms with Crippen molar-refractivity contribution in [3.05, 3.63) is 66.5 Å². The van der Waals surface area contributed by atoms with Gasteiger partial charge in [0, 0.05) is 50.4 Å². The second-order valence-electron chi connectivity index (χ2n) is 9.03. The van der Waals surface area contributed by atoms with Gasteiger partial charge in [0.2, 0.25) is 5.91 Å². The molecule has 0 saturated carbocycles. The maximum Gasteiger partial charge on any atom is 0.222 e. The first-order valence-electron chi connectivity index (χ1n) is 11.9. The smallest absolute Gasteiger partial charge is 0.222 e. The lowest BCUT2D eigenvalue weighted by Gasteiger charge is -2.37. The lowest BCUT2D eigenvalue weighted by atomic mass is 9.81. The molecule has 2 aliphatic rings. The second kappa shape index (κ2) is 10.2. The summed E-state index contributed by atoms with van der Waals surface area (Å²) in [7, 11) is 0. The van der Waals surface area contributed by atoms with E-state index in [1.807, 2.05) is 65.7 Å². The highest BCUT2D eigenvalue weighted by Gasteiger charge is 2.31. The third-order valence-corrected chi connectivity index (χ3v) is 6.90. The number of hydrogen-bond donors (Lipinski definition) is 1. The summed E-state index contributed by atoms with van der Waals surface area (Å²) >= 11 is 0. The first kappa shape index (κ1) is 21.6. The SMILES string of the molecule is O=C(CC1CCNCC1Cc1cc(-c2ccccc2)on1)N1CCN(c2ccccn2)CC1. The Hall–Kier alpha value is -3.19. The number of nitrogens with one attached hydrogen (secondary N) is 1. The van der Waals surface area contributed by atoms with Crippen molar-refractivity contribution in [1.29, 1.82) is 0 Å². The van der Waals surface area contributed by atoms with Crippen molar-refractivity contribution in [2.24, 2.45) is 11.8 Å². The number of carbonyl (C=O) groups is 1. The summed E-state index contributed by atoms with van der Waals surface area (Å²) in [6, 6.07) is 18.1. The van der Waals surface area contributed by atoms with E-state index in [-0.39, 0.29) is 5.91 Å². The monoisotopic (exact) mass is 445 g/mol. The Morgan fingerprint density at radius 3 is 2.64 bits per heavy atom. The highest BCUT2D eigenvalue weighted by atomic mass is 16.5. The van der Waals surface area contributed by atoms with E-state index in [2.05, 4.69) is 20.4 Å². The van der Waals surface area contributed by atoms with Gasteiger partial charge >= 0.3 is 0 Å². The molecule has 33 heavy (non-hydrogen) atoms. The summed E-state index contributed by atoms with van der Waals surface area (Å²) in [5.74, 6) is 2.81. The zero-order valence-electron chi connectivity index (χ0n) is 18.9. The molecule has 2 unspecified atom stereocenters. The van der Waals surface area contributed by atoms with Crippen molar-refractivity contribution in [3.8, 4) is 11.3 Å². The van der Waals surface area contributed by atoms with Crippen LogP contribution in [0, 0.1) is 11.8 Å². The molecular weight excluding hydrogens is 414 g/mol. The minimum Gasteiger partial charge on any atom is -0.356 e. The molecule has 3 aromatic rings. The van der Waals surface area contributed by atoms with Crippen LogP contribution < -0.4 is 10.2 Å². The number of anilines is 1. The lowest BCUT2D eigenvalue weighted by molar-refractivity contribution is -0.133. The molecule has 2 aliphatic heterocycles. The molecule has 0 aliphatic carbocycles. The molecule has 2 atom stereocenters. The maximum atomic E-state index is 13.1. The topological polar surface area (TPSA) is 74.5 Å². The summed E-state index contributed by atoms with van der Waals surface area (Å²) in [6.45, 7) is 5.07. The Balaban J connectivity index is 1.17. The fourth-order valence-electron chi connectivity index (χ4n) is 4.98. The van der Waals surface area contributed by atoms with Gasteiger partial charge < -0.3 is 19.6 Å². The van der Waals surface area contributed by atoms with E-state index < -0.39 is 0 Å². The van der Waals surface area contributed by atoms with Gasteiger partial charge in [0.25, 0.3) is 0 Å². The van der Waals surface area contributed by atoms with E-state index in [0.29, 0.717) is 18.3 Å². The van der Waals surface area contributed by atoms with Crippen molar-refractivity contribution < 1.29 is 9.32 Å². The van der Waals surface area contributed by atoms with E-state index in [4.69, 9.17) is 4.52 Å². The van der Waals surface area contributed by atoms with E-state index in [1.165, 1.54) is 0 Å². The molecule has 5 rings (SSSR count). The van der Waals surface area contributed by atoms with Gasteiger partial charge in [0.1, 0.15) is 5.82 Å². The number of piperazine rings is 1. The lowest BCUT2D eigenvalue weighted by Crippen LogP contribution is -2.50. The van der Waals surface area contributed by atoms with Crippen LogP contribution in [0.25, 0.3) is 11.3 Å². The predicted molar refractivity (Wildman–Crippen MR) is 128 cm³/mol. The summed E-state index contributed by atoms with van der Waals surface area (Å²) in [5, 5.41) is 7.82. The Morgan fingerprint density at radius 2 is 1.85 bits per heavy atom. The Bertz CT molecular complexity index is 1030. The van der Waals surface area contributed by atoms with E-state index in [0.717, 1.165) is 74.9 Å². The normalized spacial score (nSPS) is 21.2. The van der Waals surface area contributed by atoms with Gasteiger partial charge in [-0.05, 0) is 49.9 Å². The molecule has 1 N–H and O–H groups in total. The van der Waals surface area contributed by atoms with Gasteiger partial charge in [-0.25, -0.2) is 4.98 Å². The zero-order valence-corrected chi connectivity index (χ0v) is 18.9. The van der Waals surface area contributed by atoms with Crippen LogP contribution in [0.15, 0.2) is 65.3 Å². The van der Waals surface area contributed by atoms with E-state index in [1.54, 1.807) is 0 Å². The number of rotatable bonds is 6. The molecule has 0 bridgehead atoms. The standard InChI is InChI=1S/C26H31N5O2/c32-26(31-14-12-30(13-15-31)25-8-4-5-10-28-25)17-21-9-11-27-19-22(21)16-23-18-24(33-29-23)20-6-2-1-3-7-20/h1-8,10,18,21-22,27H,9,11-17,19H2. The quantitative estimate of drug-likeness (QED) is 0.628. The summed E-state index contributed by atoms with van der Waals surface area (Å²) < 4.78 is 5.59. The minimum atomic E-state index is 0.276. The van der Waals surface area contributed by atoms with Crippen molar-refractivity contribution in [2.75, 3.05) is 44.2 Å². The molecule has 2 saturated heterocycles. The number of amides is 1. The molecule has 7 heteroatoms. The van der Waals surface area contributed by atoms with E-state index >= 15 is 0 Å². The van der Waals surface area contributed by atoms with Crippen LogP contribution in [0.5, 0.6) is 0 Å². The highest BCUT2D eigenvalue weighted by molar-refractivity contribution is 5.76. The van der Waals surface area contributed by atoms with Crippen LogP contribution >= 0.6 is 0 Å². The number of pyridine rings is 1. The van der Waals surface area contributed by atoms with Crippen LogP contribution in [-0.2, 0) is 11.2 Å². The molecule has 1 amide bonds. The molecule has 2 aromatic heterocycles. The minimum absolute atomic E-state index is 0.276. The second-order valence-corrected chi connectivity index (χ2v) is 9.03. The maximum absolute atomic E-state index is 13.1. The average molecular weight is 446 g/mol. The molecule has 4 heterocycles. The molecule has 0 spiro atoms. The van der Waals surface area contributed by atoms with Crippen LogP contribution in [0.1, 0.15) is 18.5 Å². The third-order valence-electron chi connectivity index (χ3n) is 6.90. The highest BCUT2D eigenvalue weighted by Crippen LogP contribution is 2.29. The van der Waals surface area contributed by atoms with Gasteiger partial charge in [-0.1, -0.05) is 41.6 Å². The summed E-state index contributed by atoms with van der Waals surface area (Å²) in [6.07, 6.45) is 4.28. The van der Waals surface area contributed by atoms with Crippen LogP contribution in [0.3, 0.4) is 0 Å². The molecule has 1 aromatic carbocycles. The predicted octanol–water partition coefficient (Wildman–Crippen LogP) is 3.24. The Morgan fingerprint density at radius 1 is 1.03 bits per heavy atom. The fraction of sp³-hybridized carbons (Fsp3) is 0.423. The van der Waals surface area contributed by atoms with Crippen molar-refractivity contribution in [1.82, 2.24) is 20.4 Å². The average Bonchev–Trinajstić information content (AvgIpc) is 3.35. The first-order valence-corrected chi connectivity index (χ1v) is 11.9. The van der Waals surface area contributed by atoms with Gasteiger partial charge in [-0.15, -0.1) is 0 Å². The van der Waals surface area contributed by atoms with Crippen LogP contribution in [-0.4, -0.2) is 60.2 Å². The largest absolute Gasteiger partial charge is 0.356 e. The number of nitrogens with zero attached hydrogens (tertiary/aromatic N) is 4. The Labute approximate surface area is 194 Å². The molecule has 2 fully saturated rings. The van der Waals surface area contributed by atoms with Crippen LogP contribution in [0.4, 0.5) is 5.82 Å². The van der Waals surface area contributed by atoms with Gasteiger partial charge in [-0.3, -0.25) is 4.79 Å². The van der Waals surface area contributed by atoms with Crippen molar-refractivity contribution >= 4 is 11.7 Å². The molecule has 7 nitrogen and oxygen atoms in total. The van der Waals surface area contributed by atoms with Gasteiger partial charge in [0.15, 0.2) is 5.76 Å². The first-order chi connectivity index (χ1) is 16.3. The number of hydrogen-bond acceptors (Lipinski definition) is 6. The molecular formula is C26H31N5O2. The number of aromatic nitrogens is 2. The zero-order chi connectivity index (χ0) is 22.5. The Kier molecular flexibility index (Phi) is 6.67. The fourth-order valence-corrected chi connectivity index (χ4v) is 4.98. The number of piperidine rings is 1. The van der Waals surface area contributed by atoms with E-state index in [9.17, 15) is 4.79 Å². The molecule has 0 radical (unpaired) electrons. The van der Waals surface area contributed by atoms with Crippen molar-refractivity contribution in [3.63, 3.8) is 0 Å². The van der Waals surface area contributed by atoms with Crippen LogP contribution in [0.2, 0.25) is 0 Å². The van der Waals surface area contributed by atoms with Gasteiger partial charge in [-0.2, -0.15) is 0 Å². The summed E-state index contributed by atoms with van der Waals surface area (Å²) in [4.78, 5) is 21.9. The number of benzene rings is 1. The third kappa shape index (κ3) is 5.25. The molecule has 172 valence electrons. The van der Waals surface area contributed by atoms with Crippen molar-refractivity contribution in [2.45, 2.75) is 19.3 Å². The summed E-state index contributed by atoms with van der Waals surface area (Å²) in [5.41, 5.74) is 2.00.